The third-order valence-corrected chi connectivity index (χ3v) is 6.89. The molecule has 1 saturated heterocycles. The maximum Gasteiger partial charge on any atom is 0.285 e. The first kappa shape index (κ1) is 18.3. The molecule has 2 aromatic carbocycles. The van der Waals surface area contributed by atoms with Gasteiger partial charge in [-0.1, -0.05) is 46.3 Å². The normalized spacial score (nSPS) is 19.4. The zero-order valence-electron chi connectivity index (χ0n) is 15.0. The van der Waals surface area contributed by atoms with E-state index in [1.807, 2.05) is 49.4 Å². The summed E-state index contributed by atoms with van der Waals surface area (Å²) in [4.78, 5) is 4.70. The number of para-hydroxylation sites is 1. The van der Waals surface area contributed by atoms with Gasteiger partial charge in [-0.05, 0) is 36.8 Å². The van der Waals surface area contributed by atoms with Gasteiger partial charge in [-0.3, -0.25) is 0 Å². The number of nitrogens with zero attached hydrogens (tertiary/aromatic N) is 3. The fourth-order valence-electron chi connectivity index (χ4n) is 3.63. The Morgan fingerprint density at radius 2 is 1.59 bits per heavy atom. The number of anilines is 1. The van der Waals surface area contributed by atoms with Gasteiger partial charge in [0.2, 0.25) is 0 Å². The number of halogens is 1. The molecule has 0 aliphatic carbocycles. The van der Waals surface area contributed by atoms with E-state index in [0.717, 1.165) is 36.2 Å². The number of sulfonamides is 1. The van der Waals surface area contributed by atoms with Gasteiger partial charge in [0.15, 0.2) is 0 Å². The summed E-state index contributed by atoms with van der Waals surface area (Å²) < 4.78 is 30.4. The van der Waals surface area contributed by atoms with Crippen molar-refractivity contribution in [2.75, 3.05) is 31.1 Å². The minimum absolute atomic E-state index is 0.310. The molecule has 1 fully saturated rings. The molecule has 0 spiro atoms. The Morgan fingerprint density at radius 3 is 2.26 bits per heavy atom. The van der Waals surface area contributed by atoms with Crippen LogP contribution in [0.2, 0.25) is 0 Å². The summed E-state index contributed by atoms with van der Waals surface area (Å²) in [6.07, 6.45) is 0. The van der Waals surface area contributed by atoms with Crippen molar-refractivity contribution in [3.8, 4) is 0 Å². The van der Waals surface area contributed by atoms with Crippen molar-refractivity contribution in [2.24, 2.45) is 4.40 Å². The molecule has 2 heterocycles. The lowest BCUT2D eigenvalue weighted by Gasteiger charge is -2.37. The van der Waals surface area contributed by atoms with Gasteiger partial charge >= 0.3 is 0 Å². The molecule has 2 aliphatic heterocycles. The number of amidine groups is 1. The summed E-state index contributed by atoms with van der Waals surface area (Å²) in [7, 11) is -3.68. The van der Waals surface area contributed by atoms with Crippen molar-refractivity contribution in [3.63, 3.8) is 0 Å². The smallest absolute Gasteiger partial charge is 0.285 e. The van der Waals surface area contributed by atoms with Crippen molar-refractivity contribution in [2.45, 2.75) is 6.92 Å². The van der Waals surface area contributed by atoms with Crippen LogP contribution < -0.4 is 4.90 Å². The Labute approximate surface area is 168 Å². The molecular weight excluding hydrogens is 426 g/mol. The summed E-state index contributed by atoms with van der Waals surface area (Å²) in [6.45, 7) is 5.01. The van der Waals surface area contributed by atoms with E-state index in [9.17, 15) is 8.42 Å². The predicted molar refractivity (Wildman–Crippen MR) is 113 cm³/mol. The third-order valence-electron chi connectivity index (χ3n) is 4.93. The second-order valence-corrected chi connectivity index (χ2v) is 9.12. The van der Waals surface area contributed by atoms with Crippen LogP contribution in [-0.2, 0) is 10.0 Å². The standard InChI is InChI=1S/C20H20BrN3O2S/c1-15-19(16-6-5-7-17(21)14-16)27(25,26)22-20(15)24-12-10-23(11-13-24)18-8-3-2-4-9-18/h2-9,14H,10-13H2,1H3. The van der Waals surface area contributed by atoms with Crippen molar-refractivity contribution in [3.05, 3.63) is 70.2 Å². The molecule has 5 nitrogen and oxygen atoms in total. The number of hydrogen-bond donors (Lipinski definition) is 0. The van der Waals surface area contributed by atoms with E-state index in [-0.39, 0.29) is 0 Å². The van der Waals surface area contributed by atoms with Crippen LogP contribution >= 0.6 is 15.9 Å². The van der Waals surface area contributed by atoms with Gasteiger partial charge in [-0.2, -0.15) is 8.42 Å². The van der Waals surface area contributed by atoms with Crippen LogP contribution in [0, 0.1) is 0 Å². The van der Waals surface area contributed by atoms with E-state index in [1.165, 1.54) is 5.69 Å². The van der Waals surface area contributed by atoms with Crippen LogP contribution in [-0.4, -0.2) is 45.3 Å². The molecule has 4 rings (SSSR count). The van der Waals surface area contributed by atoms with E-state index in [1.54, 1.807) is 0 Å². The highest BCUT2D eigenvalue weighted by Gasteiger charge is 2.34. The van der Waals surface area contributed by atoms with Crippen LogP contribution in [0.15, 0.2) is 69.0 Å². The zero-order chi connectivity index (χ0) is 19.0. The van der Waals surface area contributed by atoms with Gasteiger partial charge in [0.1, 0.15) is 10.7 Å². The Hall–Kier alpha value is -2.12. The lowest BCUT2D eigenvalue weighted by molar-refractivity contribution is 0.387. The molecule has 0 saturated carbocycles. The molecule has 27 heavy (non-hydrogen) atoms. The maximum absolute atomic E-state index is 12.7. The molecule has 2 aromatic rings. The Morgan fingerprint density at radius 1 is 0.926 bits per heavy atom. The second kappa shape index (κ2) is 7.13. The topological polar surface area (TPSA) is 53.0 Å². The van der Waals surface area contributed by atoms with Crippen molar-refractivity contribution in [1.29, 1.82) is 0 Å². The lowest BCUT2D eigenvalue weighted by Crippen LogP contribution is -2.48. The van der Waals surface area contributed by atoms with E-state index >= 15 is 0 Å². The molecule has 0 amide bonds. The fourth-order valence-corrected chi connectivity index (χ4v) is 5.50. The Kier molecular flexibility index (Phi) is 4.82. The number of piperazine rings is 1. The van der Waals surface area contributed by atoms with Crippen molar-refractivity contribution in [1.82, 2.24) is 4.90 Å². The van der Waals surface area contributed by atoms with Crippen molar-refractivity contribution >= 4 is 42.4 Å². The summed E-state index contributed by atoms with van der Waals surface area (Å²) >= 11 is 3.42. The van der Waals surface area contributed by atoms with Crippen LogP contribution in [0.3, 0.4) is 0 Å². The quantitative estimate of drug-likeness (QED) is 0.706. The number of hydrogen-bond acceptors (Lipinski definition) is 4. The Bertz CT molecular complexity index is 1020. The van der Waals surface area contributed by atoms with Gasteiger partial charge in [-0.15, -0.1) is 4.40 Å². The average Bonchev–Trinajstić information content (AvgIpc) is 2.91. The molecule has 0 atom stereocenters. The van der Waals surface area contributed by atoms with Gasteiger partial charge in [0.05, 0.1) is 0 Å². The minimum atomic E-state index is -3.68. The summed E-state index contributed by atoms with van der Waals surface area (Å²) in [6, 6.07) is 17.6. The molecular formula is C20H20BrN3O2S. The molecule has 0 N–H and O–H groups in total. The molecule has 0 radical (unpaired) electrons. The SMILES string of the molecule is CC1=C(c2cccc(Br)c2)S(=O)(=O)N=C1N1CCN(c2ccccc2)CC1. The highest BCUT2D eigenvalue weighted by atomic mass is 79.9. The van der Waals surface area contributed by atoms with Crippen LogP contribution in [0.1, 0.15) is 12.5 Å². The first-order chi connectivity index (χ1) is 13.0. The van der Waals surface area contributed by atoms with E-state index in [0.29, 0.717) is 16.3 Å². The van der Waals surface area contributed by atoms with Gasteiger partial charge < -0.3 is 9.80 Å². The average molecular weight is 446 g/mol. The van der Waals surface area contributed by atoms with E-state index < -0.39 is 10.0 Å². The van der Waals surface area contributed by atoms with Crippen molar-refractivity contribution < 1.29 is 8.42 Å². The molecule has 2 aliphatic rings. The predicted octanol–water partition coefficient (Wildman–Crippen LogP) is 3.74. The Balaban J connectivity index is 1.58. The lowest BCUT2D eigenvalue weighted by atomic mass is 10.1. The van der Waals surface area contributed by atoms with E-state index in [2.05, 4.69) is 42.3 Å². The molecule has 140 valence electrons. The summed E-state index contributed by atoms with van der Waals surface area (Å²) in [5.41, 5.74) is 2.59. The molecule has 0 bridgehead atoms. The highest BCUT2D eigenvalue weighted by Crippen LogP contribution is 2.34. The van der Waals surface area contributed by atoms with Crippen LogP contribution in [0.5, 0.6) is 0 Å². The van der Waals surface area contributed by atoms with Gasteiger partial charge in [0.25, 0.3) is 10.0 Å². The summed E-state index contributed by atoms with van der Waals surface area (Å²) in [5.74, 6) is 0.581. The minimum Gasteiger partial charge on any atom is -0.368 e. The fraction of sp³-hybridized carbons (Fsp3) is 0.250. The molecule has 7 heteroatoms. The van der Waals surface area contributed by atoms with Gasteiger partial charge in [0, 0.05) is 41.9 Å². The highest BCUT2D eigenvalue weighted by molar-refractivity contribution is 9.10. The maximum atomic E-state index is 12.7. The largest absolute Gasteiger partial charge is 0.368 e. The van der Waals surface area contributed by atoms with Crippen LogP contribution in [0.4, 0.5) is 5.69 Å². The second-order valence-electron chi connectivity index (χ2n) is 6.66. The number of rotatable bonds is 2. The van der Waals surface area contributed by atoms with Crippen LogP contribution in [0.25, 0.3) is 4.91 Å². The summed E-state index contributed by atoms with van der Waals surface area (Å²) in [5, 5.41) is 0. The number of benzene rings is 2. The first-order valence-corrected chi connectivity index (χ1v) is 11.1. The molecule has 0 aromatic heterocycles. The third kappa shape index (κ3) is 3.53. The first-order valence-electron chi connectivity index (χ1n) is 8.83. The van der Waals surface area contributed by atoms with E-state index in [4.69, 9.17) is 0 Å². The zero-order valence-corrected chi connectivity index (χ0v) is 17.4. The molecule has 0 unspecified atom stereocenters. The van der Waals surface area contributed by atoms with Gasteiger partial charge in [-0.25, -0.2) is 0 Å². The monoisotopic (exact) mass is 445 g/mol.